The molecular formula is C15H16N2O3S. The van der Waals surface area contributed by atoms with E-state index >= 15 is 0 Å². The van der Waals surface area contributed by atoms with Gasteiger partial charge in [0.1, 0.15) is 4.88 Å². The number of benzene rings is 1. The van der Waals surface area contributed by atoms with Gasteiger partial charge < -0.3 is 10.4 Å². The number of carbonyl (C=O) groups excluding carboxylic acids is 1. The van der Waals surface area contributed by atoms with Gasteiger partial charge in [-0.3, -0.25) is 4.79 Å². The fourth-order valence-corrected chi connectivity index (χ4v) is 2.76. The Labute approximate surface area is 126 Å². The van der Waals surface area contributed by atoms with Crippen LogP contribution in [-0.4, -0.2) is 28.5 Å². The maximum atomic E-state index is 11.7. The Hall–Kier alpha value is -2.21. The summed E-state index contributed by atoms with van der Waals surface area (Å²) in [7, 11) is 0. The predicted molar refractivity (Wildman–Crippen MR) is 81.1 cm³/mol. The maximum Gasteiger partial charge on any atom is 0.347 e. The third-order valence-electron chi connectivity index (χ3n) is 2.92. The zero-order chi connectivity index (χ0) is 15.4. The minimum atomic E-state index is -0.949. The molecule has 0 unspecified atom stereocenters. The van der Waals surface area contributed by atoms with Gasteiger partial charge in [-0.1, -0.05) is 12.1 Å². The van der Waals surface area contributed by atoms with Gasteiger partial charge in [-0.15, -0.1) is 11.3 Å². The fraction of sp³-hybridized carbons (Fsp3) is 0.267. The highest BCUT2D eigenvalue weighted by atomic mass is 32.1. The number of carboxylic acid groups (broad SMARTS) is 1. The first kappa shape index (κ1) is 15.2. The maximum absolute atomic E-state index is 11.7. The Bertz CT molecular complexity index is 662. The van der Waals surface area contributed by atoms with Crippen LogP contribution in [0.2, 0.25) is 0 Å². The van der Waals surface area contributed by atoms with E-state index in [0.29, 0.717) is 24.2 Å². The second-order valence-corrected chi connectivity index (χ2v) is 5.75. The van der Waals surface area contributed by atoms with Crippen LogP contribution >= 0.6 is 11.3 Å². The molecule has 0 aliphatic carbocycles. The van der Waals surface area contributed by atoms with Crippen molar-refractivity contribution >= 4 is 23.2 Å². The molecule has 1 aromatic carbocycles. The van der Waals surface area contributed by atoms with Gasteiger partial charge in [-0.05, 0) is 31.5 Å². The van der Waals surface area contributed by atoms with Gasteiger partial charge in [0.05, 0.1) is 10.7 Å². The van der Waals surface area contributed by atoms with Gasteiger partial charge in [-0.2, -0.15) is 0 Å². The summed E-state index contributed by atoms with van der Waals surface area (Å²) in [6, 6.07) is 7.12. The zero-order valence-electron chi connectivity index (χ0n) is 11.8. The van der Waals surface area contributed by atoms with Crippen LogP contribution in [0.25, 0.3) is 0 Å². The quantitative estimate of drug-likeness (QED) is 0.889. The Morgan fingerprint density at radius 3 is 2.52 bits per heavy atom. The molecule has 0 fully saturated rings. The molecule has 1 amide bonds. The summed E-state index contributed by atoms with van der Waals surface area (Å²) in [5.41, 5.74) is 2.08. The van der Waals surface area contributed by atoms with Crippen LogP contribution in [0.3, 0.4) is 0 Å². The summed E-state index contributed by atoms with van der Waals surface area (Å²) >= 11 is 1.18. The second kappa shape index (κ2) is 6.49. The highest BCUT2D eigenvalue weighted by molar-refractivity contribution is 7.13. The first-order valence-electron chi connectivity index (χ1n) is 6.58. The molecule has 2 aromatic rings. The summed E-state index contributed by atoms with van der Waals surface area (Å²) in [6.07, 6.45) is 0.446. The minimum Gasteiger partial charge on any atom is -0.477 e. The second-order valence-electron chi connectivity index (χ2n) is 4.55. The monoisotopic (exact) mass is 304 g/mol. The Balaban J connectivity index is 2.17. The first-order chi connectivity index (χ1) is 10.0. The molecule has 0 spiro atoms. The number of carboxylic acids is 1. The number of thiazole rings is 1. The number of aromatic nitrogens is 1. The number of hydrogen-bond donors (Lipinski definition) is 2. The largest absolute Gasteiger partial charge is 0.477 e. The van der Waals surface area contributed by atoms with Crippen molar-refractivity contribution in [3.8, 4) is 0 Å². The van der Waals surface area contributed by atoms with Crippen molar-refractivity contribution in [1.82, 2.24) is 10.3 Å². The summed E-state index contributed by atoms with van der Waals surface area (Å²) < 4.78 is 0. The van der Waals surface area contributed by atoms with Crippen molar-refractivity contribution in [3.63, 3.8) is 0 Å². The highest BCUT2D eigenvalue weighted by Gasteiger charge is 2.16. The third kappa shape index (κ3) is 3.66. The van der Waals surface area contributed by atoms with Crippen molar-refractivity contribution in [2.75, 3.05) is 6.54 Å². The molecule has 5 nitrogen and oxygen atoms in total. The van der Waals surface area contributed by atoms with Crippen molar-refractivity contribution in [1.29, 1.82) is 0 Å². The SMILES string of the molecule is CCNC(=O)c1ccc(Cc2nc(C)sc2C(=O)O)cc1. The molecule has 1 aromatic heterocycles. The lowest BCUT2D eigenvalue weighted by Crippen LogP contribution is -2.22. The van der Waals surface area contributed by atoms with Crippen LogP contribution in [-0.2, 0) is 6.42 Å². The average Bonchev–Trinajstić information content (AvgIpc) is 2.81. The number of nitrogens with zero attached hydrogens (tertiary/aromatic N) is 1. The van der Waals surface area contributed by atoms with E-state index in [0.717, 1.165) is 10.6 Å². The lowest BCUT2D eigenvalue weighted by atomic mass is 10.1. The molecule has 2 N–H and O–H groups in total. The van der Waals surface area contributed by atoms with Gasteiger partial charge in [-0.25, -0.2) is 9.78 Å². The van der Waals surface area contributed by atoms with E-state index in [-0.39, 0.29) is 10.8 Å². The smallest absolute Gasteiger partial charge is 0.347 e. The standard InChI is InChI=1S/C15H16N2O3S/c1-3-16-14(18)11-6-4-10(5-7-11)8-12-13(15(19)20)21-9(2)17-12/h4-7H,3,8H2,1-2H3,(H,16,18)(H,19,20). The van der Waals surface area contributed by atoms with Gasteiger partial charge in [0.25, 0.3) is 5.91 Å². The van der Waals surface area contributed by atoms with Crippen molar-refractivity contribution < 1.29 is 14.7 Å². The van der Waals surface area contributed by atoms with Crippen LogP contribution in [0, 0.1) is 6.92 Å². The molecule has 0 radical (unpaired) electrons. The fourth-order valence-electron chi connectivity index (χ4n) is 1.99. The number of amides is 1. The summed E-state index contributed by atoms with van der Waals surface area (Å²) in [5, 5.41) is 12.6. The Morgan fingerprint density at radius 1 is 1.29 bits per heavy atom. The molecule has 0 saturated heterocycles. The molecule has 0 aliphatic heterocycles. The molecule has 21 heavy (non-hydrogen) atoms. The van der Waals surface area contributed by atoms with E-state index in [9.17, 15) is 9.59 Å². The third-order valence-corrected chi connectivity index (χ3v) is 3.92. The Morgan fingerprint density at radius 2 is 1.95 bits per heavy atom. The van der Waals surface area contributed by atoms with Crippen LogP contribution in [0.5, 0.6) is 0 Å². The number of aryl methyl sites for hydroxylation is 1. The summed E-state index contributed by atoms with van der Waals surface area (Å²) in [5.74, 6) is -1.06. The van der Waals surface area contributed by atoms with E-state index in [1.165, 1.54) is 11.3 Å². The molecule has 0 aliphatic rings. The zero-order valence-corrected chi connectivity index (χ0v) is 12.7. The van der Waals surface area contributed by atoms with E-state index in [1.54, 1.807) is 19.1 Å². The van der Waals surface area contributed by atoms with E-state index in [2.05, 4.69) is 10.3 Å². The van der Waals surface area contributed by atoms with Crippen LogP contribution < -0.4 is 5.32 Å². The summed E-state index contributed by atoms with van der Waals surface area (Å²) in [4.78, 5) is 27.4. The number of carbonyl (C=O) groups is 2. The molecule has 6 heteroatoms. The number of aromatic carboxylic acids is 1. The van der Waals surface area contributed by atoms with Gasteiger partial charge >= 0.3 is 5.97 Å². The summed E-state index contributed by atoms with van der Waals surface area (Å²) in [6.45, 7) is 4.24. The highest BCUT2D eigenvalue weighted by Crippen LogP contribution is 2.21. The van der Waals surface area contributed by atoms with Crippen LogP contribution in [0.4, 0.5) is 0 Å². The van der Waals surface area contributed by atoms with Crippen LogP contribution in [0.1, 0.15) is 43.2 Å². The van der Waals surface area contributed by atoms with Gasteiger partial charge in [0.2, 0.25) is 0 Å². The van der Waals surface area contributed by atoms with E-state index < -0.39 is 5.97 Å². The lowest BCUT2D eigenvalue weighted by molar-refractivity contribution is 0.0700. The number of rotatable bonds is 5. The first-order valence-corrected chi connectivity index (χ1v) is 7.39. The van der Waals surface area contributed by atoms with Gasteiger partial charge in [0.15, 0.2) is 0 Å². The lowest BCUT2D eigenvalue weighted by Gasteiger charge is -2.04. The average molecular weight is 304 g/mol. The topological polar surface area (TPSA) is 79.3 Å². The predicted octanol–water partition coefficient (Wildman–Crippen LogP) is 2.49. The normalized spacial score (nSPS) is 10.4. The molecule has 0 atom stereocenters. The minimum absolute atomic E-state index is 0.111. The molecule has 110 valence electrons. The van der Waals surface area contributed by atoms with Crippen molar-refractivity contribution in [2.45, 2.75) is 20.3 Å². The van der Waals surface area contributed by atoms with Gasteiger partial charge in [0, 0.05) is 18.5 Å². The molecule has 0 bridgehead atoms. The number of hydrogen-bond acceptors (Lipinski definition) is 4. The number of nitrogens with one attached hydrogen (secondary N) is 1. The van der Waals surface area contributed by atoms with Crippen molar-refractivity contribution in [3.05, 3.63) is 51.0 Å². The molecule has 0 saturated carbocycles. The molecule has 1 heterocycles. The van der Waals surface area contributed by atoms with E-state index in [1.807, 2.05) is 19.1 Å². The molecule has 2 rings (SSSR count). The van der Waals surface area contributed by atoms with Crippen molar-refractivity contribution in [2.24, 2.45) is 0 Å². The molecular weight excluding hydrogens is 288 g/mol. The van der Waals surface area contributed by atoms with Crippen LogP contribution in [0.15, 0.2) is 24.3 Å². The van der Waals surface area contributed by atoms with E-state index in [4.69, 9.17) is 5.11 Å². The Kier molecular flexibility index (Phi) is 4.70.